The third kappa shape index (κ3) is 6.52. The number of hydrogen-bond donors (Lipinski definition) is 2. The highest BCUT2D eigenvalue weighted by atomic mass is 16.6. The predicted octanol–water partition coefficient (Wildman–Crippen LogP) is 2.48. The molecule has 1 aromatic rings. The lowest BCUT2D eigenvalue weighted by Crippen LogP contribution is -2.34. The number of benzene rings is 1. The number of ether oxygens (including phenoxy) is 1. The number of aliphatic hydroxyl groups is 1. The molecule has 0 heterocycles. The van der Waals surface area contributed by atoms with E-state index in [0.29, 0.717) is 19.4 Å². The number of carbonyl (C=O) groups excluding carboxylic acids is 2. The quantitative estimate of drug-likeness (QED) is 0.764. The van der Waals surface area contributed by atoms with Crippen molar-refractivity contribution in [1.82, 2.24) is 10.2 Å². The van der Waals surface area contributed by atoms with E-state index in [9.17, 15) is 9.59 Å². The molecule has 2 atom stereocenters. The van der Waals surface area contributed by atoms with Crippen LogP contribution in [0.25, 0.3) is 0 Å². The largest absolute Gasteiger partial charge is 0.442 e. The van der Waals surface area contributed by atoms with Crippen LogP contribution in [0.15, 0.2) is 42.5 Å². The van der Waals surface area contributed by atoms with Crippen molar-refractivity contribution >= 4 is 12.0 Å². The lowest BCUT2D eigenvalue weighted by atomic mass is 9.92. The zero-order valence-electron chi connectivity index (χ0n) is 15.3. The zero-order valence-corrected chi connectivity index (χ0v) is 15.3. The predicted molar refractivity (Wildman–Crippen MR) is 99.4 cm³/mol. The van der Waals surface area contributed by atoms with Crippen molar-refractivity contribution < 1.29 is 19.4 Å². The normalized spacial score (nSPS) is 21.2. The lowest BCUT2D eigenvalue weighted by molar-refractivity contribution is -0.125. The summed E-state index contributed by atoms with van der Waals surface area (Å²) in [7, 11) is 1.72. The molecule has 26 heavy (non-hydrogen) atoms. The number of nitrogens with zero attached hydrogens (tertiary/aromatic N) is 1. The van der Waals surface area contributed by atoms with Gasteiger partial charge in [-0.25, -0.2) is 4.79 Å². The first-order chi connectivity index (χ1) is 12.6. The van der Waals surface area contributed by atoms with Crippen molar-refractivity contribution in [1.29, 1.82) is 0 Å². The summed E-state index contributed by atoms with van der Waals surface area (Å²) in [6.45, 7) is 0.697. The van der Waals surface area contributed by atoms with Crippen molar-refractivity contribution in [3.8, 4) is 0 Å². The van der Waals surface area contributed by atoms with Gasteiger partial charge < -0.3 is 20.1 Å². The highest BCUT2D eigenvalue weighted by Crippen LogP contribution is 2.21. The summed E-state index contributed by atoms with van der Waals surface area (Å²) in [5, 5.41) is 11.5. The number of rotatable bonds is 6. The van der Waals surface area contributed by atoms with Crippen LogP contribution < -0.4 is 5.32 Å². The van der Waals surface area contributed by atoms with Crippen LogP contribution in [0.2, 0.25) is 0 Å². The van der Waals surface area contributed by atoms with Crippen LogP contribution in [-0.4, -0.2) is 48.3 Å². The summed E-state index contributed by atoms with van der Waals surface area (Å²) < 4.78 is 5.60. The van der Waals surface area contributed by atoms with Gasteiger partial charge in [0.25, 0.3) is 0 Å². The molecule has 6 heteroatoms. The molecule has 1 aromatic carbocycles. The molecule has 0 bridgehead atoms. The van der Waals surface area contributed by atoms with Gasteiger partial charge >= 0.3 is 6.09 Å². The fourth-order valence-electron chi connectivity index (χ4n) is 2.98. The monoisotopic (exact) mass is 360 g/mol. The van der Waals surface area contributed by atoms with Gasteiger partial charge in [0, 0.05) is 26.1 Å². The van der Waals surface area contributed by atoms with Gasteiger partial charge in [-0.05, 0) is 37.3 Å². The molecule has 0 saturated heterocycles. The van der Waals surface area contributed by atoms with Gasteiger partial charge in [-0.2, -0.15) is 0 Å². The SMILES string of the molecule is CN(Cc1ccccc1)C(=O)OC1/C=C/CCC(C(=O)NCCO)CC1. The molecule has 2 rings (SSSR count). The van der Waals surface area contributed by atoms with Crippen LogP contribution in [0.5, 0.6) is 0 Å². The third-order valence-corrected chi connectivity index (χ3v) is 4.44. The molecule has 6 nitrogen and oxygen atoms in total. The molecular formula is C20H28N2O4. The Morgan fingerprint density at radius 2 is 2.00 bits per heavy atom. The van der Waals surface area contributed by atoms with Crippen LogP contribution in [0.4, 0.5) is 4.79 Å². The Bertz CT molecular complexity index is 603. The minimum atomic E-state index is -0.370. The molecule has 0 spiro atoms. The number of hydrogen-bond acceptors (Lipinski definition) is 4. The maximum absolute atomic E-state index is 12.3. The van der Waals surface area contributed by atoms with Gasteiger partial charge in [0.05, 0.1) is 6.61 Å². The molecule has 2 unspecified atom stereocenters. The Labute approximate surface area is 154 Å². The standard InChI is InChI=1S/C20H28N2O4/c1-22(15-16-7-3-2-4-8-16)20(25)26-18-10-6-5-9-17(11-12-18)19(24)21-13-14-23/h2-4,6-8,10,17-18,23H,5,9,11-15H2,1H3,(H,21,24)/b10-6+. The van der Waals surface area contributed by atoms with Crippen LogP contribution >= 0.6 is 0 Å². The summed E-state index contributed by atoms with van der Waals surface area (Å²) >= 11 is 0. The Morgan fingerprint density at radius 3 is 2.73 bits per heavy atom. The highest BCUT2D eigenvalue weighted by molar-refractivity contribution is 5.78. The van der Waals surface area contributed by atoms with Crippen molar-refractivity contribution in [2.24, 2.45) is 5.92 Å². The molecule has 0 fully saturated rings. The second kappa shape index (κ2) is 10.6. The summed E-state index contributed by atoms with van der Waals surface area (Å²) in [5.74, 6) is -0.157. The molecule has 1 aliphatic rings. The first-order valence-corrected chi connectivity index (χ1v) is 9.11. The smallest absolute Gasteiger partial charge is 0.410 e. The Kier molecular flexibility index (Phi) is 8.15. The molecule has 0 radical (unpaired) electrons. The minimum Gasteiger partial charge on any atom is -0.442 e. The molecule has 142 valence electrons. The average molecular weight is 360 g/mol. The fraction of sp³-hybridized carbons (Fsp3) is 0.500. The molecule has 1 aliphatic carbocycles. The number of amides is 2. The second-order valence-corrected chi connectivity index (χ2v) is 6.56. The van der Waals surface area contributed by atoms with Gasteiger partial charge in [-0.15, -0.1) is 0 Å². The van der Waals surface area contributed by atoms with Crippen molar-refractivity contribution in [3.05, 3.63) is 48.0 Å². The first-order valence-electron chi connectivity index (χ1n) is 9.11. The van der Waals surface area contributed by atoms with E-state index >= 15 is 0 Å². The van der Waals surface area contributed by atoms with Gasteiger partial charge in [0.2, 0.25) is 5.91 Å². The molecule has 2 N–H and O–H groups in total. The molecule has 0 aromatic heterocycles. The third-order valence-electron chi connectivity index (χ3n) is 4.44. The Morgan fingerprint density at radius 1 is 1.23 bits per heavy atom. The highest BCUT2D eigenvalue weighted by Gasteiger charge is 2.23. The van der Waals surface area contributed by atoms with Crippen LogP contribution in [0.1, 0.15) is 31.2 Å². The molecule has 2 amide bonds. The van der Waals surface area contributed by atoms with E-state index in [0.717, 1.165) is 18.4 Å². The van der Waals surface area contributed by atoms with Gasteiger partial charge in [-0.3, -0.25) is 4.79 Å². The summed E-state index contributed by atoms with van der Waals surface area (Å²) in [6, 6.07) is 9.75. The zero-order chi connectivity index (χ0) is 18.8. The maximum atomic E-state index is 12.3. The number of nitrogens with one attached hydrogen (secondary N) is 1. The average Bonchev–Trinajstić information content (AvgIpc) is 2.63. The second-order valence-electron chi connectivity index (χ2n) is 6.56. The summed E-state index contributed by atoms with van der Waals surface area (Å²) in [5.41, 5.74) is 1.04. The van der Waals surface area contributed by atoms with Crippen molar-refractivity contribution in [3.63, 3.8) is 0 Å². The topological polar surface area (TPSA) is 78.9 Å². The van der Waals surface area contributed by atoms with Crippen molar-refractivity contribution in [2.45, 2.75) is 38.3 Å². The van der Waals surface area contributed by atoms with E-state index in [1.165, 1.54) is 0 Å². The number of aliphatic hydroxyl groups excluding tert-OH is 1. The van der Waals surface area contributed by atoms with E-state index in [2.05, 4.69) is 5.32 Å². The molecular weight excluding hydrogens is 332 g/mol. The Balaban J connectivity index is 1.85. The van der Waals surface area contributed by atoms with Gasteiger partial charge in [0.1, 0.15) is 6.10 Å². The van der Waals surface area contributed by atoms with Crippen LogP contribution in [0, 0.1) is 5.92 Å². The maximum Gasteiger partial charge on any atom is 0.410 e. The fourth-order valence-corrected chi connectivity index (χ4v) is 2.98. The van der Waals surface area contributed by atoms with E-state index in [1.807, 2.05) is 42.5 Å². The van der Waals surface area contributed by atoms with Gasteiger partial charge in [0.15, 0.2) is 0 Å². The Hall–Kier alpha value is -2.34. The lowest BCUT2D eigenvalue weighted by Gasteiger charge is -2.24. The molecule has 0 saturated carbocycles. The minimum absolute atomic E-state index is 0.0411. The summed E-state index contributed by atoms with van der Waals surface area (Å²) in [4.78, 5) is 26.0. The van der Waals surface area contributed by atoms with Crippen LogP contribution in [0.3, 0.4) is 0 Å². The molecule has 0 aliphatic heterocycles. The van der Waals surface area contributed by atoms with Gasteiger partial charge in [-0.1, -0.05) is 36.4 Å². The van der Waals surface area contributed by atoms with E-state index in [1.54, 1.807) is 11.9 Å². The van der Waals surface area contributed by atoms with Crippen molar-refractivity contribution in [2.75, 3.05) is 20.2 Å². The van der Waals surface area contributed by atoms with E-state index in [4.69, 9.17) is 9.84 Å². The van der Waals surface area contributed by atoms with E-state index < -0.39 is 0 Å². The van der Waals surface area contributed by atoms with Crippen LogP contribution in [-0.2, 0) is 16.1 Å². The summed E-state index contributed by atoms with van der Waals surface area (Å²) in [6.07, 6.45) is 5.99. The first kappa shape index (κ1) is 20.0. The number of carbonyl (C=O) groups is 2. The number of allylic oxidation sites excluding steroid dienone is 1. The van der Waals surface area contributed by atoms with E-state index in [-0.39, 0.29) is 37.2 Å².